The maximum Gasteiger partial charge on any atom is 0.424 e. The first-order valence-electron chi connectivity index (χ1n) is 8.15. The number of rotatable bonds is 6. The number of hydrogen-bond donors (Lipinski definition) is 4. The third kappa shape index (κ3) is 5.19. The Kier molecular flexibility index (Phi) is 8.39. The summed E-state index contributed by atoms with van der Waals surface area (Å²) in [6.45, 7) is 2.68. The highest BCUT2D eigenvalue weighted by atomic mass is 16.6. The molecule has 0 aromatic heterocycles. The van der Waals surface area contributed by atoms with Gasteiger partial charge in [0, 0.05) is 12.8 Å². The van der Waals surface area contributed by atoms with E-state index in [0.717, 1.165) is 0 Å². The zero-order chi connectivity index (χ0) is 19.1. The third-order valence-corrected chi connectivity index (χ3v) is 3.75. The second kappa shape index (κ2) is 9.78. The van der Waals surface area contributed by atoms with Crippen LogP contribution in [0.15, 0.2) is 0 Å². The van der Waals surface area contributed by atoms with E-state index in [9.17, 15) is 29.7 Å². The van der Waals surface area contributed by atoms with Crippen LogP contribution in [-0.2, 0) is 19.1 Å². The fourth-order valence-corrected chi connectivity index (χ4v) is 2.49. The lowest BCUT2D eigenvalue weighted by atomic mass is 9.95. The summed E-state index contributed by atoms with van der Waals surface area (Å²) in [4.78, 5) is 36.4. The predicted octanol–water partition coefficient (Wildman–Crippen LogP) is -1.12. The first-order chi connectivity index (χ1) is 11.8. The minimum Gasteiger partial charge on any atom is -0.394 e. The van der Waals surface area contributed by atoms with E-state index in [0.29, 0.717) is 17.7 Å². The second-order valence-electron chi connectivity index (χ2n) is 5.72. The topological polar surface area (TPSA) is 154 Å². The first kappa shape index (κ1) is 21.5. The van der Waals surface area contributed by atoms with Crippen LogP contribution in [0.25, 0.3) is 0 Å². The molecule has 10 heteroatoms. The minimum atomic E-state index is -1.87. The van der Waals surface area contributed by atoms with Gasteiger partial charge in [0.1, 0.15) is 24.4 Å². The van der Waals surface area contributed by atoms with Gasteiger partial charge < -0.3 is 29.9 Å². The highest BCUT2D eigenvalue weighted by molar-refractivity contribution is 5.96. The fourth-order valence-electron chi connectivity index (χ4n) is 2.49. The molecule has 0 aromatic carbocycles. The summed E-state index contributed by atoms with van der Waals surface area (Å²) in [6, 6.07) is -1.68. The molecule has 0 bridgehead atoms. The molecular weight excluding hydrogens is 338 g/mol. The van der Waals surface area contributed by atoms with Crippen molar-refractivity contribution in [2.24, 2.45) is 0 Å². The third-order valence-electron chi connectivity index (χ3n) is 3.75. The Balaban J connectivity index is 3.07. The van der Waals surface area contributed by atoms with Crippen LogP contribution in [0.2, 0.25) is 0 Å². The van der Waals surface area contributed by atoms with E-state index < -0.39 is 55.2 Å². The van der Waals surface area contributed by atoms with E-state index in [1.807, 2.05) is 0 Å². The number of nitrogens with zero attached hydrogens (tertiary/aromatic N) is 1. The van der Waals surface area contributed by atoms with Gasteiger partial charge in [-0.05, 0) is 12.8 Å². The van der Waals surface area contributed by atoms with Crippen molar-refractivity contribution in [3.63, 3.8) is 0 Å². The smallest absolute Gasteiger partial charge is 0.394 e. The zero-order valence-corrected chi connectivity index (χ0v) is 14.2. The largest absolute Gasteiger partial charge is 0.424 e. The van der Waals surface area contributed by atoms with Crippen LogP contribution >= 0.6 is 0 Å². The number of ether oxygens (including phenoxy) is 2. The molecule has 5 atom stereocenters. The molecule has 0 saturated carbocycles. The lowest BCUT2D eigenvalue weighted by Crippen LogP contribution is -2.66. The number of carbonyl (C=O) groups excluding carboxylic acids is 3. The predicted molar refractivity (Wildman–Crippen MR) is 81.9 cm³/mol. The molecule has 0 aliphatic carbocycles. The van der Waals surface area contributed by atoms with Crippen molar-refractivity contribution in [1.82, 2.24) is 4.90 Å². The summed E-state index contributed by atoms with van der Waals surface area (Å²) in [5, 5.41) is 39.2. The summed E-state index contributed by atoms with van der Waals surface area (Å²) in [5.41, 5.74) is 0. The average Bonchev–Trinajstić information content (AvgIpc) is 2.54. The van der Waals surface area contributed by atoms with Gasteiger partial charge in [0.15, 0.2) is 6.29 Å². The van der Waals surface area contributed by atoms with Crippen molar-refractivity contribution in [3.05, 3.63) is 0 Å². The van der Waals surface area contributed by atoms with Crippen molar-refractivity contribution in [2.45, 2.75) is 70.2 Å². The van der Waals surface area contributed by atoms with E-state index in [1.54, 1.807) is 13.8 Å². The molecule has 144 valence electrons. The summed E-state index contributed by atoms with van der Waals surface area (Å²) in [5.74, 6) is -1.67. The average molecular weight is 363 g/mol. The number of imide groups is 1. The Labute approximate surface area is 144 Å². The van der Waals surface area contributed by atoms with Crippen molar-refractivity contribution >= 4 is 18.0 Å². The Hall–Kier alpha value is -1.59. The Morgan fingerprint density at radius 2 is 1.64 bits per heavy atom. The SMILES string of the molecule is CCCC(=O)OC(=O)N(C(=O)CCC)[C@H]1C(O)O[C@H](CO)[C@@H](O)[C@@H]1O. The molecule has 10 nitrogen and oxygen atoms in total. The van der Waals surface area contributed by atoms with E-state index in [2.05, 4.69) is 4.74 Å². The Morgan fingerprint density at radius 3 is 2.16 bits per heavy atom. The molecule has 0 radical (unpaired) electrons. The molecule has 1 unspecified atom stereocenters. The van der Waals surface area contributed by atoms with Gasteiger partial charge in [-0.15, -0.1) is 0 Å². The molecule has 1 heterocycles. The Bertz CT molecular complexity index is 484. The van der Waals surface area contributed by atoms with Crippen LogP contribution in [0.1, 0.15) is 39.5 Å². The molecule has 1 saturated heterocycles. The molecule has 25 heavy (non-hydrogen) atoms. The van der Waals surface area contributed by atoms with Crippen LogP contribution in [-0.4, -0.2) is 80.5 Å². The van der Waals surface area contributed by atoms with Gasteiger partial charge >= 0.3 is 12.1 Å². The van der Waals surface area contributed by atoms with E-state index in [1.165, 1.54) is 0 Å². The maximum absolute atomic E-state index is 12.3. The fraction of sp³-hybridized carbons (Fsp3) is 0.800. The number of aliphatic hydroxyl groups is 4. The standard InChI is InChI=1S/C15H25NO9/c1-3-5-9(18)16(15(23)25-10(19)6-4-2)11-13(21)12(20)8(7-17)24-14(11)22/h8,11-14,17,20-22H,3-7H2,1-2H3/t8-,11-,12-,13-,14?/m1/s1. The molecule has 1 aliphatic heterocycles. The lowest BCUT2D eigenvalue weighted by molar-refractivity contribution is -0.267. The summed E-state index contributed by atoms with van der Waals surface area (Å²) < 4.78 is 9.53. The van der Waals surface area contributed by atoms with Gasteiger partial charge in [0.25, 0.3) is 0 Å². The molecule has 0 spiro atoms. The van der Waals surface area contributed by atoms with Crippen LogP contribution < -0.4 is 0 Å². The first-order valence-corrected chi connectivity index (χ1v) is 8.15. The van der Waals surface area contributed by atoms with Gasteiger partial charge in [-0.3, -0.25) is 9.59 Å². The zero-order valence-electron chi connectivity index (χ0n) is 14.2. The molecule has 1 rings (SSSR count). The Morgan fingerprint density at radius 1 is 1.04 bits per heavy atom. The highest BCUT2D eigenvalue weighted by Crippen LogP contribution is 2.25. The molecule has 0 aromatic rings. The molecular formula is C15H25NO9. The van der Waals surface area contributed by atoms with Crippen molar-refractivity contribution < 1.29 is 44.3 Å². The summed E-state index contributed by atoms with van der Waals surface area (Å²) in [6.07, 6.45) is -7.37. The number of hydrogen-bond acceptors (Lipinski definition) is 9. The maximum atomic E-state index is 12.3. The quantitative estimate of drug-likeness (QED) is 0.339. The van der Waals surface area contributed by atoms with Gasteiger partial charge in [-0.2, -0.15) is 0 Å². The molecule has 2 amide bonds. The van der Waals surface area contributed by atoms with Crippen LogP contribution in [0.5, 0.6) is 0 Å². The molecule has 4 N–H and O–H groups in total. The van der Waals surface area contributed by atoms with Crippen molar-refractivity contribution in [2.75, 3.05) is 6.61 Å². The summed E-state index contributed by atoms with van der Waals surface area (Å²) >= 11 is 0. The molecule has 1 fully saturated rings. The van der Waals surface area contributed by atoms with Gasteiger partial charge in [-0.1, -0.05) is 13.8 Å². The summed E-state index contributed by atoms with van der Waals surface area (Å²) in [7, 11) is 0. The van der Waals surface area contributed by atoms with Gasteiger partial charge in [0.2, 0.25) is 5.91 Å². The van der Waals surface area contributed by atoms with Gasteiger partial charge in [0.05, 0.1) is 6.61 Å². The second-order valence-corrected chi connectivity index (χ2v) is 5.72. The monoisotopic (exact) mass is 363 g/mol. The minimum absolute atomic E-state index is 0.0525. The van der Waals surface area contributed by atoms with E-state index in [-0.39, 0.29) is 12.8 Å². The lowest BCUT2D eigenvalue weighted by Gasteiger charge is -2.43. The van der Waals surface area contributed by atoms with E-state index in [4.69, 9.17) is 9.84 Å². The number of esters is 1. The highest BCUT2D eigenvalue weighted by Gasteiger charge is 2.50. The van der Waals surface area contributed by atoms with Crippen LogP contribution in [0.4, 0.5) is 4.79 Å². The van der Waals surface area contributed by atoms with Crippen LogP contribution in [0.3, 0.4) is 0 Å². The van der Waals surface area contributed by atoms with Gasteiger partial charge in [-0.25, -0.2) is 9.69 Å². The van der Waals surface area contributed by atoms with Crippen molar-refractivity contribution in [3.8, 4) is 0 Å². The molecule has 1 aliphatic rings. The van der Waals surface area contributed by atoms with E-state index >= 15 is 0 Å². The number of aliphatic hydroxyl groups excluding tert-OH is 4. The number of carbonyl (C=O) groups is 3. The normalized spacial score (nSPS) is 29.1. The number of amides is 2. The van der Waals surface area contributed by atoms with Crippen LogP contribution in [0, 0.1) is 0 Å². The van der Waals surface area contributed by atoms with Crippen molar-refractivity contribution in [1.29, 1.82) is 0 Å².